The number of nitrogens with one attached hydrogen (secondary N) is 1. The van der Waals surface area contributed by atoms with E-state index < -0.39 is 0 Å². The number of hydrogen-bond acceptors (Lipinski definition) is 2. The number of rotatable bonds is 4. The van der Waals surface area contributed by atoms with E-state index >= 15 is 0 Å². The van der Waals surface area contributed by atoms with E-state index in [4.69, 9.17) is 11.6 Å². The highest BCUT2D eigenvalue weighted by Gasteiger charge is 2.21. The molecule has 1 saturated carbocycles. The molecule has 0 radical (unpaired) electrons. The van der Waals surface area contributed by atoms with E-state index in [1.807, 2.05) is 6.07 Å². The molecule has 1 N–H and O–H groups in total. The van der Waals surface area contributed by atoms with Crippen molar-refractivity contribution in [2.45, 2.75) is 58.0 Å². The summed E-state index contributed by atoms with van der Waals surface area (Å²) < 4.78 is 0.888. The van der Waals surface area contributed by atoms with Crippen molar-refractivity contribution in [3.8, 4) is 0 Å². The molecule has 2 rings (SSSR count). The SMILES string of the molecule is CC(N[C@@H](C)C1CCCCC1)c1ccc(Cl)s1. The van der Waals surface area contributed by atoms with Crippen LogP contribution in [0.4, 0.5) is 0 Å². The van der Waals surface area contributed by atoms with Gasteiger partial charge in [-0.3, -0.25) is 0 Å². The Kier molecular flexibility index (Phi) is 4.89. The van der Waals surface area contributed by atoms with E-state index in [2.05, 4.69) is 25.2 Å². The molecule has 3 heteroatoms. The fourth-order valence-corrected chi connectivity index (χ4v) is 3.88. The number of thiophene rings is 1. The second kappa shape index (κ2) is 6.21. The Hall–Kier alpha value is -0.0500. The first kappa shape index (κ1) is 13.4. The Morgan fingerprint density at radius 3 is 2.53 bits per heavy atom. The third-order valence-electron chi connectivity index (χ3n) is 3.89. The highest BCUT2D eigenvalue weighted by molar-refractivity contribution is 7.16. The molecule has 0 saturated heterocycles. The molecule has 1 aliphatic rings. The molecule has 1 unspecified atom stereocenters. The van der Waals surface area contributed by atoms with Gasteiger partial charge in [0.05, 0.1) is 4.34 Å². The first-order valence-corrected chi connectivity index (χ1v) is 7.87. The maximum absolute atomic E-state index is 5.98. The van der Waals surface area contributed by atoms with Crippen LogP contribution in [0.15, 0.2) is 12.1 Å². The van der Waals surface area contributed by atoms with E-state index in [0.29, 0.717) is 12.1 Å². The average molecular weight is 272 g/mol. The Bertz CT molecular complexity index is 344. The molecule has 0 spiro atoms. The third-order valence-corrected chi connectivity index (χ3v) is 5.30. The lowest BCUT2D eigenvalue weighted by atomic mass is 9.84. The molecule has 0 aliphatic heterocycles. The topological polar surface area (TPSA) is 12.0 Å². The highest BCUT2D eigenvalue weighted by Crippen LogP contribution is 2.30. The van der Waals surface area contributed by atoms with Crippen LogP contribution in [0.25, 0.3) is 0 Å². The van der Waals surface area contributed by atoms with Gasteiger partial charge in [-0.1, -0.05) is 30.9 Å². The van der Waals surface area contributed by atoms with Crippen LogP contribution < -0.4 is 5.32 Å². The van der Waals surface area contributed by atoms with Gasteiger partial charge in [0.25, 0.3) is 0 Å². The van der Waals surface area contributed by atoms with Crippen LogP contribution in [0.1, 0.15) is 56.9 Å². The number of hydrogen-bond donors (Lipinski definition) is 1. The summed E-state index contributed by atoms with van der Waals surface area (Å²) >= 11 is 7.67. The summed E-state index contributed by atoms with van der Waals surface area (Å²) in [5, 5.41) is 3.73. The minimum absolute atomic E-state index is 0.421. The minimum atomic E-state index is 0.421. The van der Waals surface area contributed by atoms with Gasteiger partial charge >= 0.3 is 0 Å². The zero-order chi connectivity index (χ0) is 12.3. The molecular weight excluding hydrogens is 250 g/mol. The van der Waals surface area contributed by atoms with Gasteiger partial charge in [-0.25, -0.2) is 0 Å². The quantitative estimate of drug-likeness (QED) is 0.811. The standard InChI is InChI=1S/C14H22ClNS/c1-10(12-6-4-3-5-7-12)16-11(2)13-8-9-14(15)17-13/h8-12,16H,3-7H2,1-2H3/t10-,11?/m0/s1. The van der Waals surface area contributed by atoms with Crippen molar-refractivity contribution < 1.29 is 0 Å². The summed E-state index contributed by atoms with van der Waals surface area (Å²) in [6.07, 6.45) is 7.04. The first-order valence-electron chi connectivity index (χ1n) is 6.68. The van der Waals surface area contributed by atoms with E-state index in [0.717, 1.165) is 10.3 Å². The predicted octanol–water partition coefficient (Wildman–Crippen LogP) is 5.02. The lowest BCUT2D eigenvalue weighted by molar-refractivity contribution is 0.269. The monoisotopic (exact) mass is 271 g/mol. The van der Waals surface area contributed by atoms with Crippen LogP contribution in [-0.4, -0.2) is 6.04 Å². The molecule has 17 heavy (non-hydrogen) atoms. The van der Waals surface area contributed by atoms with Gasteiger partial charge in [0.15, 0.2) is 0 Å². The van der Waals surface area contributed by atoms with Crippen molar-refractivity contribution >= 4 is 22.9 Å². The maximum Gasteiger partial charge on any atom is 0.0931 e. The Balaban J connectivity index is 1.87. The summed E-state index contributed by atoms with van der Waals surface area (Å²) in [5.74, 6) is 0.863. The van der Waals surface area contributed by atoms with Crippen LogP contribution in [0.3, 0.4) is 0 Å². The molecule has 1 fully saturated rings. The Labute approximate surface area is 114 Å². The van der Waals surface area contributed by atoms with Crippen molar-refractivity contribution in [1.82, 2.24) is 5.32 Å². The van der Waals surface area contributed by atoms with Crippen LogP contribution >= 0.6 is 22.9 Å². The largest absolute Gasteiger partial charge is 0.307 e. The summed E-state index contributed by atoms with van der Waals surface area (Å²) in [7, 11) is 0. The van der Waals surface area contributed by atoms with Crippen molar-refractivity contribution in [1.29, 1.82) is 0 Å². The van der Waals surface area contributed by atoms with Crippen LogP contribution in [0, 0.1) is 5.92 Å². The van der Waals surface area contributed by atoms with Crippen molar-refractivity contribution in [2.75, 3.05) is 0 Å². The van der Waals surface area contributed by atoms with Gasteiger partial charge in [-0.05, 0) is 44.7 Å². The minimum Gasteiger partial charge on any atom is -0.307 e. The molecule has 0 aromatic carbocycles. The van der Waals surface area contributed by atoms with Crippen LogP contribution in [-0.2, 0) is 0 Å². The second-order valence-electron chi connectivity index (χ2n) is 5.22. The molecule has 0 amide bonds. The highest BCUT2D eigenvalue weighted by atomic mass is 35.5. The normalized spacial score (nSPS) is 21.4. The summed E-state index contributed by atoms with van der Waals surface area (Å²) in [4.78, 5) is 1.35. The zero-order valence-corrected chi connectivity index (χ0v) is 12.3. The van der Waals surface area contributed by atoms with Crippen LogP contribution in [0.5, 0.6) is 0 Å². The van der Waals surface area contributed by atoms with Crippen molar-refractivity contribution in [3.05, 3.63) is 21.3 Å². The van der Waals surface area contributed by atoms with Crippen molar-refractivity contribution in [2.24, 2.45) is 5.92 Å². The maximum atomic E-state index is 5.98. The molecule has 0 bridgehead atoms. The van der Waals surface area contributed by atoms with E-state index in [-0.39, 0.29) is 0 Å². The summed E-state index contributed by atoms with van der Waals surface area (Å²) in [5.41, 5.74) is 0. The van der Waals surface area contributed by atoms with E-state index in [1.54, 1.807) is 11.3 Å². The molecule has 96 valence electrons. The van der Waals surface area contributed by atoms with Gasteiger partial charge in [0, 0.05) is 17.0 Å². The molecule has 1 aliphatic carbocycles. The second-order valence-corrected chi connectivity index (χ2v) is 6.96. The van der Waals surface area contributed by atoms with E-state index in [1.165, 1.54) is 37.0 Å². The lowest BCUT2D eigenvalue weighted by Gasteiger charge is -2.30. The van der Waals surface area contributed by atoms with Gasteiger partial charge in [-0.2, -0.15) is 0 Å². The molecule has 1 aromatic rings. The molecule has 1 aromatic heterocycles. The van der Waals surface area contributed by atoms with Gasteiger partial charge < -0.3 is 5.32 Å². The summed E-state index contributed by atoms with van der Waals surface area (Å²) in [6.45, 7) is 4.57. The van der Waals surface area contributed by atoms with Gasteiger partial charge in [0.1, 0.15) is 0 Å². The third kappa shape index (κ3) is 3.70. The lowest BCUT2D eigenvalue weighted by Crippen LogP contribution is -2.36. The summed E-state index contributed by atoms with van der Waals surface area (Å²) in [6, 6.07) is 5.17. The smallest absolute Gasteiger partial charge is 0.0931 e. The predicted molar refractivity (Wildman–Crippen MR) is 76.9 cm³/mol. The van der Waals surface area contributed by atoms with Gasteiger partial charge in [0.2, 0.25) is 0 Å². The zero-order valence-electron chi connectivity index (χ0n) is 10.7. The Morgan fingerprint density at radius 1 is 1.24 bits per heavy atom. The fraction of sp³-hybridized carbons (Fsp3) is 0.714. The first-order chi connectivity index (χ1) is 8.16. The van der Waals surface area contributed by atoms with Gasteiger partial charge in [-0.15, -0.1) is 11.3 Å². The molecule has 2 atom stereocenters. The average Bonchev–Trinajstić information content (AvgIpc) is 2.77. The molecule has 1 nitrogen and oxygen atoms in total. The molecular formula is C14H22ClNS. The van der Waals surface area contributed by atoms with E-state index in [9.17, 15) is 0 Å². The fourth-order valence-electron chi connectivity index (χ4n) is 2.81. The van der Waals surface area contributed by atoms with Crippen LogP contribution in [0.2, 0.25) is 4.34 Å². The van der Waals surface area contributed by atoms with Crippen molar-refractivity contribution in [3.63, 3.8) is 0 Å². The molecule has 1 heterocycles. The number of halogens is 1. The Morgan fingerprint density at radius 2 is 1.94 bits per heavy atom.